The Hall–Kier alpha value is -3.34. The number of nitrogens with zero attached hydrogens (tertiary/aromatic N) is 2. The number of amides is 1. The number of carbonyl (C=O) groups excluding carboxylic acids is 1. The van der Waals surface area contributed by atoms with E-state index in [0.29, 0.717) is 28.7 Å². The molecule has 0 aliphatic rings. The van der Waals surface area contributed by atoms with Gasteiger partial charge >= 0.3 is 0 Å². The summed E-state index contributed by atoms with van der Waals surface area (Å²) in [6.45, 7) is 2.58. The minimum absolute atomic E-state index is 0.00439. The molecule has 10 heteroatoms. The van der Waals surface area contributed by atoms with Gasteiger partial charge in [0.2, 0.25) is 15.9 Å². The Kier molecular flexibility index (Phi) is 6.68. The summed E-state index contributed by atoms with van der Waals surface area (Å²) in [5.74, 6) is 1.37. The monoisotopic (exact) mass is 482 g/mol. The molecule has 0 atom stereocenters. The number of hydrogen-bond donors (Lipinski definition) is 2. The van der Waals surface area contributed by atoms with E-state index in [1.54, 1.807) is 30.3 Å². The largest absolute Gasteiger partial charge is 0.457 e. The van der Waals surface area contributed by atoms with E-state index in [0.717, 1.165) is 11.3 Å². The van der Waals surface area contributed by atoms with E-state index in [2.05, 4.69) is 10.3 Å². The van der Waals surface area contributed by atoms with Crippen LogP contribution in [0.4, 0.5) is 5.69 Å². The smallest absolute Gasteiger partial charge is 0.238 e. The fraction of sp³-hybridized carbons (Fsp3) is 0.130. The average Bonchev–Trinajstić information content (AvgIpc) is 3.16. The van der Waals surface area contributed by atoms with Crippen LogP contribution in [0.5, 0.6) is 11.5 Å². The third-order valence-electron chi connectivity index (χ3n) is 4.78. The second-order valence-corrected chi connectivity index (χ2v) is 9.61. The molecule has 0 fully saturated rings. The summed E-state index contributed by atoms with van der Waals surface area (Å²) in [7, 11) is -3.81. The van der Waals surface area contributed by atoms with Gasteiger partial charge in [-0.3, -0.25) is 4.79 Å². The molecular formula is C23H22N4O4S2. The van der Waals surface area contributed by atoms with Crippen LogP contribution in [0.3, 0.4) is 0 Å². The number of aryl methyl sites for hydroxylation is 1. The molecule has 0 aliphatic carbocycles. The van der Waals surface area contributed by atoms with Crippen LogP contribution in [-0.4, -0.2) is 29.6 Å². The highest BCUT2D eigenvalue weighted by Crippen LogP contribution is 2.27. The van der Waals surface area contributed by atoms with Gasteiger partial charge in [0.15, 0.2) is 5.16 Å². The topological polar surface area (TPSA) is 116 Å². The van der Waals surface area contributed by atoms with Gasteiger partial charge in [-0.25, -0.2) is 18.5 Å². The van der Waals surface area contributed by atoms with Crippen molar-refractivity contribution in [3.05, 3.63) is 72.8 Å². The molecular weight excluding hydrogens is 460 g/mol. The highest BCUT2D eigenvalue weighted by atomic mass is 32.2. The number of carbonyl (C=O) groups is 1. The zero-order valence-electron chi connectivity index (χ0n) is 17.8. The van der Waals surface area contributed by atoms with Crippen molar-refractivity contribution in [1.29, 1.82) is 0 Å². The van der Waals surface area contributed by atoms with E-state index in [9.17, 15) is 13.2 Å². The molecule has 3 N–H and O–H groups in total. The Balaban J connectivity index is 1.40. The van der Waals surface area contributed by atoms with Crippen LogP contribution in [-0.2, 0) is 21.4 Å². The number of benzene rings is 3. The summed E-state index contributed by atoms with van der Waals surface area (Å²) < 4.78 is 30.9. The van der Waals surface area contributed by atoms with Gasteiger partial charge in [-0.2, -0.15) is 0 Å². The predicted octanol–water partition coefficient (Wildman–Crippen LogP) is 4.23. The second-order valence-electron chi connectivity index (χ2n) is 7.11. The summed E-state index contributed by atoms with van der Waals surface area (Å²) in [4.78, 5) is 17.0. The van der Waals surface area contributed by atoms with Gasteiger partial charge < -0.3 is 14.6 Å². The van der Waals surface area contributed by atoms with Crippen LogP contribution in [0, 0.1) is 0 Å². The molecule has 4 rings (SSSR count). The third kappa shape index (κ3) is 5.54. The summed E-state index contributed by atoms with van der Waals surface area (Å²) in [5, 5.41) is 8.70. The van der Waals surface area contributed by atoms with Crippen LogP contribution in [0.2, 0.25) is 0 Å². The summed E-state index contributed by atoms with van der Waals surface area (Å²) in [6, 6.07) is 21.1. The first-order valence-corrected chi connectivity index (χ1v) is 12.7. The normalized spacial score (nSPS) is 11.5. The lowest BCUT2D eigenvalue weighted by atomic mass is 10.3. The van der Waals surface area contributed by atoms with E-state index in [-0.39, 0.29) is 16.6 Å². The number of sulfonamides is 1. The molecule has 4 aromatic rings. The molecule has 1 aromatic heterocycles. The standard InChI is InChI=1S/C23H22N4O4S2/c1-2-27-21-13-12-19(33(24,29)30)14-20(21)26-23(27)32-15-22(28)25-16-8-10-18(11-9-16)31-17-6-4-3-5-7-17/h3-14H,2,15H2,1H3,(H,25,28)(H2,24,29,30). The Bertz CT molecular complexity index is 1390. The summed E-state index contributed by atoms with van der Waals surface area (Å²) >= 11 is 1.28. The number of ether oxygens (including phenoxy) is 1. The molecule has 33 heavy (non-hydrogen) atoms. The highest BCUT2D eigenvalue weighted by molar-refractivity contribution is 7.99. The first kappa shape index (κ1) is 22.8. The van der Waals surface area contributed by atoms with Crippen LogP contribution >= 0.6 is 11.8 Å². The minimum Gasteiger partial charge on any atom is -0.457 e. The number of anilines is 1. The summed E-state index contributed by atoms with van der Waals surface area (Å²) in [6.07, 6.45) is 0. The summed E-state index contributed by atoms with van der Waals surface area (Å²) in [5.41, 5.74) is 1.95. The number of primary sulfonamides is 1. The number of nitrogens with one attached hydrogen (secondary N) is 1. The van der Waals surface area contributed by atoms with Crippen molar-refractivity contribution in [3.63, 3.8) is 0 Å². The van der Waals surface area contributed by atoms with Gasteiger partial charge in [-0.1, -0.05) is 30.0 Å². The van der Waals surface area contributed by atoms with E-state index in [1.807, 2.05) is 41.8 Å². The predicted molar refractivity (Wildman–Crippen MR) is 129 cm³/mol. The zero-order chi connectivity index (χ0) is 23.4. The lowest BCUT2D eigenvalue weighted by molar-refractivity contribution is -0.113. The lowest BCUT2D eigenvalue weighted by Gasteiger charge is -2.08. The molecule has 0 unspecified atom stereocenters. The molecule has 0 saturated carbocycles. The zero-order valence-corrected chi connectivity index (χ0v) is 19.4. The van der Waals surface area contributed by atoms with Gasteiger partial charge in [0, 0.05) is 12.2 Å². The molecule has 170 valence electrons. The first-order chi connectivity index (χ1) is 15.8. The lowest BCUT2D eigenvalue weighted by Crippen LogP contribution is -2.14. The van der Waals surface area contributed by atoms with E-state index >= 15 is 0 Å². The quantitative estimate of drug-likeness (QED) is 0.363. The van der Waals surface area contributed by atoms with Crippen molar-refractivity contribution in [2.45, 2.75) is 23.5 Å². The van der Waals surface area contributed by atoms with Crippen LogP contribution < -0.4 is 15.2 Å². The second kappa shape index (κ2) is 9.65. The molecule has 0 radical (unpaired) electrons. The molecule has 1 amide bonds. The number of para-hydroxylation sites is 1. The maximum absolute atomic E-state index is 12.5. The number of imidazole rings is 1. The Labute approximate surface area is 195 Å². The molecule has 0 bridgehead atoms. The van der Waals surface area contributed by atoms with Crippen LogP contribution in [0.15, 0.2) is 82.8 Å². The fourth-order valence-corrected chi connectivity index (χ4v) is 4.65. The maximum Gasteiger partial charge on any atom is 0.238 e. The van der Waals surface area contributed by atoms with Gasteiger partial charge in [-0.15, -0.1) is 0 Å². The molecule has 1 heterocycles. The number of nitrogens with two attached hydrogens (primary N) is 1. The number of aromatic nitrogens is 2. The maximum atomic E-state index is 12.5. The number of fused-ring (bicyclic) bond motifs is 1. The Morgan fingerprint density at radius 3 is 2.42 bits per heavy atom. The van der Waals surface area contributed by atoms with Crippen molar-refractivity contribution >= 4 is 44.4 Å². The number of hydrogen-bond acceptors (Lipinski definition) is 6. The van der Waals surface area contributed by atoms with Crippen molar-refractivity contribution in [1.82, 2.24) is 9.55 Å². The van der Waals surface area contributed by atoms with Crippen LogP contribution in [0.1, 0.15) is 6.92 Å². The van der Waals surface area contributed by atoms with E-state index in [4.69, 9.17) is 9.88 Å². The molecule has 3 aromatic carbocycles. The van der Waals surface area contributed by atoms with Gasteiger partial charge in [0.25, 0.3) is 0 Å². The van der Waals surface area contributed by atoms with Gasteiger partial charge in [-0.05, 0) is 61.5 Å². The minimum atomic E-state index is -3.81. The van der Waals surface area contributed by atoms with Gasteiger partial charge in [0.1, 0.15) is 11.5 Å². The van der Waals surface area contributed by atoms with Crippen molar-refractivity contribution in [2.75, 3.05) is 11.1 Å². The SMILES string of the molecule is CCn1c(SCC(=O)Nc2ccc(Oc3ccccc3)cc2)nc2cc(S(N)(=O)=O)ccc21. The number of thioether (sulfide) groups is 1. The molecule has 0 saturated heterocycles. The van der Waals surface area contributed by atoms with E-state index in [1.165, 1.54) is 23.9 Å². The highest BCUT2D eigenvalue weighted by Gasteiger charge is 2.15. The third-order valence-corrected chi connectivity index (χ3v) is 6.67. The Morgan fingerprint density at radius 1 is 1.06 bits per heavy atom. The number of rotatable bonds is 8. The van der Waals surface area contributed by atoms with Gasteiger partial charge in [0.05, 0.1) is 21.7 Å². The van der Waals surface area contributed by atoms with Crippen molar-refractivity contribution < 1.29 is 17.9 Å². The van der Waals surface area contributed by atoms with Crippen molar-refractivity contribution in [3.8, 4) is 11.5 Å². The first-order valence-electron chi connectivity index (χ1n) is 10.1. The van der Waals surface area contributed by atoms with E-state index < -0.39 is 10.0 Å². The molecule has 0 aliphatic heterocycles. The van der Waals surface area contributed by atoms with Crippen LogP contribution in [0.25, 0.3) is 11.0 Å². The van der Waals surface area contributed by atoms with Crippen molar-refractivity contribution in [2.24, 2.45) is 5.14 Å². The fourth-order valence-electron chi connectivity index (χ4n) is 3.24. The Morgan fingerprint density at radius 2 is 1.76 bits per heavy atom. The average molecular weight is 483 g/mol. The molecule has 8 nitrogen and oxygen atoms in total. The molecule has 0 spiro atoms.